The number of amides is 5. The molecule has 12 nitrogen and oxygen atoms in total. The molecule has 1 aliphatic rings. The lowest BCUT2D eigenvalue weighted by Crippen LogP contribution is -2.48. The summed E-state index contributed by atoms with van der Waals surface area (Å²) in [5, 5.41) is 18.2. The van der Waals surface area contributed by atoms with Gasteiger partial charge in [0.1, 0.15) is 11.5 Å². The SMILES string of the molecule is COc1ccc(NC(=O)N(C)C[C@@H]2OCCCC[C@H](C)Oc3ccc(NC(=O)Nc4ccc(C(F)(F)F)cc4)cc3C(=O)N([C@@H](C)CO)C[C@@H]2C)cc1. The van der Waals surface area contributed by atoms with Gasteiger partial charge in [0.15, 0.2) is 0 Å². The van der Waals surface area contributed by atoms with Gasteiger partial charge in [-0.2, -0.15) is 13.2 Å². The molecule has 0 unspecified atom stereocenters. The van der Waals surface area contributed by atoms with Crippen LogP contribution in [-0.2, 0) is 10.9 Å². The number of halogens is 3. The number of nitrogens with one attached hydrogen (secondary N) is 3. The second-order valence-electron chi connectivity index (χ2n) is 13.2. The topological polar surface area (TPSA) is 142 Å². The predicted octanol–water partition coefficient (Wildman–Crippen LogP) is 7.32. The van der Waals surface area contributed by atoms with E-state index in [4.69, 9.17) is 14.2 Å². The molecule has 0 saturated heterocycles. The standard InChI is InChI=1S/C38H48F3N5O7/c1-24-21-46(25(2)23-47)35(48)32-20-30(43-36(49)42-28-11-9-27(10-12-28)38(39,40)41)15-18-33(32)53-26(3)8-6-7-19-52-34(24)22-45(4)37(50)44-29-13-16-31(51-5)17-14-29/h9-18,20,24-26,34,47H,6-8,19,21-23H2,1-5H3,(H,44,50)(H2,42,43,49)/t24-,25-,26-,34-/m0/s1. The highest BCUT2D eigenvalue weighted by atomic mass is 19.4. The molecular weight excluding hydrogens is 695 g/mol. The van der Waals surface area contributed by atoms with Crippen LogP contribution in [0.3, 0.4) is 0 Å². The van der Waals surface area contributed by atoms with Crippen LogP contribution in [0.4, 0.5) is 39.8 Å². The molecule has 3 aromatic rings. The Morgan fingerprint density at radius 1 is 0.981 bits per heavy atom. The number of aliphatic hydroxyl groups excluding tert-OH is 1. The first-order chi connectivity index (χ1) is 25.2. The Kier molecular flexibility index (Phi) is 14.3. The van der Waals surface area contributed by atoms with Crippen molar-refractivity contribution in [3.05, 3.63) is 77.9 Å². The second kappa shape index (κ2) is 18.6. The van der Waals surface area contributed by atoms with Crippen molar-refractivity contribution in [3.8, 4) is 11.5 Å². The molecule has 0 bridgehead atoms. The van der Waals surface area contributed by atoms with Crippen LogP contribution < -0.4 is 25.4 Å². The lowest BCUT2D eigenvalue weighted by molar-refractivity contribution is -0.137. The Bertz CT molecular complexity index is 1670. The Morgan fingerprint density at radius 3 is 2.25 bits per heavy atom. The minimum absolute atomic E-state index is 0.139. The van der Waals surface area contributed by atoms with E-state index in [-0.39, 0.29) is 54.7 Å². The molecule has 4 atom stereocenters. The van der Waals surface area contributed by atoms with E-state index in [1.807, 2.05) is 13.8 Å². The van der Waals surface area contributed by atoms with Crippen molar-refractivity contribution in [2.24, 2.45) is 5.92 Å². The van der Waals surface area contributed by atoms with Crippen molar-refractivity contribution < 1.29 is 46.9 Å². The van der Waals surface area contributed by atoms with Gasteiger partial charge in [-0.1, -0.05) is 6.92 Å². The summed E-state index contributed by atoms with van der Waals surface area (Å²) < 4.78 is 56.7. The number of urea groups is 2. The average molecular weight is 744 g/mol. The van der Waals surface area contributed by atoms with Gasteiger partial charge in [-0.15, -0.1) is 0 Å². The number of likely N-dealkylation sites (N-methyl/N-ethyl adjacent to an activating group) is 1. The van der Waals surface area contributed by atoms with E-state index < -0.39 is 35.8 Å². The molecule has 4 N–H and O–H groups in total. The summed E-state index contributed by atoms with van der Waals surface area (Å²) in [7, 11) is 3.22. The minimum atomic E-state index is -4.51. The number of alkyl halides is 3. The summed E-state index contributed by atoms with van der Waals surface area (Å²) in [5.74, 6) is 0.187. The first kappa shape index (κ1) is 40.7. The van der Waals surface area contributed by atoms with Crippen LogP contribution in [0.2, 0.25) is 0 Å². The van der Waals surface area contributed by atoms with E-state index in [0.29, 0.717) is 30.2 Å². The Morgan fingerprint density at radius 2 is 1.60 bits per heavy atom. The zero-order chi connectivity index (χ0) is 38.7. The number of hydrogen-bond donors (Lipinski definition) is 4. The number of carbonyl (C=O) groups excluding carboxylic acids is 3. The van der Waals surface area contributed by atoms with Crippen molar-refractivity contribution in [2.75, 3.05) is 56.4 Å². The molecule has 288 valence electrons. The number of fused-ring (bicyclic) bond motifs is 1. The third-order valence-electron chi connectivity index (χ3n) is 8.92. The Balaban J connectivity index is 1.55. The van der Waals surface area contributed by atoms with Crippen LogP contribution in [0.15, 0.2) is 66.7 Å². The van der Waals surface area contributed by atoms with Gasteiger partial charge < -0.3 is 45.1 Å². The molecule has 0 aliphatic carbocycles. The van der Waals surface area contributed by atoms with E-state index in [2.05, 4.69) is 16.0 Å². The molecule has 1 heterocycles. The summed E-state index contributed by atoms with van der Waals surface area (Å²) in [5.41, 5.74) is 0.256. The van der Waals surface area contributed by atoms with Crippen LogP contribution in [0.5, 0.6) is 11.5 Å². The van der Waals surface area contributed by atoms with Gasteiger partial charge >= 0.3 is 18.2 Å². The fourth-order valence-corrected chi connectivity index (χ4v) is 5.74. The summed E-state index contributed by atoms with van der Waals surface area (Å²) in [6.07, 6.45) is -3.10. The Labute approximate surface area is 307 Å². The summed E-state index contributed by atoms with van der Waals surface area (Å²) >= 11 is 0. The normalized spacial score (nSPS) is 19.2. The van der Waals surface area contributed by atoms with Gasteiger partial charge in [-0.3, -0.25) is 4.79 Å². The molecule has 0 aromatic heterocycles. The number of nitrogens with zero attached hydrogens (tertiary/aromatic N) is 2. The molecule has 15 heteroatoms. The lowest BCUT2D eigenvalue weighted by atomic mass is 10.0. The third-order valence-corrected chi connectivity index (χ3v) is 8.92. The molecule has 4 rings (SSSR count). The van der Waals surface area contributed by atoms with Crippen LogP contribution in [0, 0.1) is 5.92 Å². The van der Waals surface area contributed by atoms with Crippen molar-refractivity contribution in [1.82, 2.24) is 9.80 Å². The number of hydrogen-bond acceptors (Lipinski definition) is 7. The average Bonchev–Trinajstić information content (AvgIpc) is 3.12. The number of rotatable bonds is 8. The van der Waals surface area contributed by atoms with E-state index in [9.17, 15) is 32.7 Å². The largest absolute Gasteiger partial charge is 0.497 e. The van der Waals surface area contributed by atoms with E-state index in [1.165, 1.54) is 15.9 Å². The van der Waals surface area contributed by atoms with Gasteiger partial charge in [0.05, 0.1) is 43.1 Å². The molecule has 1 aliphatic heterocycles. The van der Waals surface area contributed by atoms with Crippen LogP contribution in [-0.4, -0.2) is 91.6 Å². The monoisotopic (exact) mass is 743 g/mol. The molecule has 0 spiro atoms. The molecule has 5 amide bonds. The van der Waals surface area contributed by atoms with Gasteiger partial charge in [-0.25, -0.2) is 9.59 Å². The highest BCUT2D eigenvalue weighted by molar-refractivity contribution is 6.02. The molecular formula is C38H48F3N5O7. The van der Waals surface area contributed by atoms with Crippen molar-refractivity contribution >= 4 is 35.0 Å². The summed E-state index contributed by atoms with van der Waals surface area (Å²) in [4.78, 5) is 43.4. The summed E-state index contributed by atoms with van der Waals surface area (Å²) in [6.45, 7) is 5.98. The number of benzene rings is 3. The first-order valence-electron chi connectivity index (χ1n) is 17.4. The number of methoxy groups -OCH3 is 1. The van der Waals surface area contributed by atoms with Gasteiger partial charge in [0, 0.05) is 49.7 Å². The van der Waals surface area contributed by atoms with Gasteiger partial charge in [0.2, 0.25) is 0 Å². The van der Waals surface area contributed by atoms with E-state index in [0.717, 1.165) is 37.1 Å². The van der Waals surface area contributed by atoms with Gasteiger partial charge in [-0.05, 0) is 99.8 Å². The second-order valence-corrected chi connectivity index (χ2v) is 13.2. The van der Waals surface area contributed by atoms with Crippen LogP contribution in [0.25, 0.3) is 0 Å². The predicted molar refractivity (Wildman–Crippen MR) is 196 cm³/mol. The smallest absolute Gasteiger partial charge is 0.416 e. The van der Waals surface area contributed by atoms with Crippen LogP contribution in [0.1, 0.15) is 56.0 Å². The fourth-order valence-electron chi connectivity index (χ4n) is 5.74. The fraction of sp³-hybridized carbons (Fsp3) is 0.447. The molecule has 3 aromatic carbocycles. The number of aliphatic hydroxyl groups is 1. The maximum atomic E-state index is 14.4. The molecule has 0 radical (unpaired) electrons. The van der Waals surface area contributed by atoms with Crippen molar-refractivity contribution in [2.45, 2.75) is 64.5 Å². The maximum Gasteiger partial charge on any atom is 0.416 e. The lowest BCUT2D eigenvalue weighted by Gasteiger charge is -2.35. The highest BCUT2D eigenvalue weighted by Gasteiger charge is 2.32. The number of anilines is 3. The zero-order valence-corrected chi connectivity index (χ0v) is 30.5. The number of carbonyl (C=O) groups is 3. The Hall–Kier alpha value is -5.02. The van der Waals surface area contributed by atoms with Crippen LogP contribution >= 0.6 is 0 Å². The molecule has 0 saturated carbocycles. The highest BCUT2D eigenvalue weighted by Crippen LogP contribution is 2.31. The van der Waals surface area contributed by atoms with Crippen molar-refractivity contribution in [1.29, 1.82) is 0 Å². The summed E-state index contributed by atoms with van der Waals surface area (Å²) in [6, 6.07) is 13.9. The minimum Gasteiger partial charge on any atom is -0.497 e. The van der Waals surface area contributed by atoms with Crippen molar-refractivity contribution in [3.63, 3.8) is 0 Å². The first-order valence-corrected chi connectivity index (χ1v) is 17.4. The third kappa shape index (κ3) is 11.7. The maximum absolute atomic E-state index is 14.4. The van der Waals surface area contributed by atoms with E-state index >= 15 is 0 Å². The zero-order valence-electron chi connectivity index (χ0n) is 30.5. The number of ether oxygens (including phenoxy) is 3. The molecule has 0 fully saturated rings. The van der Waals surface area contributed by atoms with E-state index in [1.54, 1.807) is 57.5 Å². The quantitative estimate of drug-likeness (QED) is 0.190. The van der Waals surface area contributed by atoms with Gasteiger partial charge in [0.25, 0.3) is 5.91 Å². The molecule has 53 heavy (non-hydrogen) atoms.